The van der Waals surface area contributed by atoms with E-state index in [2.05, 4.69) is 21.0 Å². The predicted molar refractivity (Wildman–Crippen MR) is 158 cm³/mol. The first-order chi connectivity index (χ1) is 19.7. The number of nitrogens with zero attached hydrogens (tertiary/aromatic N) is 3. The van der Waals surface area contributed by atoms with Gasteiger partial charge in [0.05, 0.1) is 35.3 Å². The van der Waals surface area contributed by atoms with Crippen molar-refractivity contribution in [3.8, 4) is 0 Å². The SMILES string of the molecule is CCNc1cc(C(=O)N[C@@H](Cc2ccccc2)[C@H](O)CNCc2cnn(CC)c2)c(F)c(N2CCCCS2(=O)=O)c1. The number of aromatic nitrogens is 2. The van der Waals surface area contributed by atoms with Crippen LogP contribution in [-0.4, -0.2) is 66.7 Å². The van der Waals surface area contributed by atoms with Crippen LogP contribution in [0, 0.1) is 5.82 Å². The molecule has 1 aliphatic rings. The number of hydrogen-bond donors (Lipinski definition) is 4. The van der Waals surface area contributed by atoms with Gasteiger partial charge < -0.3 is 21.1 Å². The average molecular weight is 587 g/mol. The van der Waals surface area contributed by atoms with Gasteiger partial charge in [-0.1, -0.05) is 30.3 Å². The predicted octanol–water partition coefficient (Wildman–Crippen LogP) is 2.90. The van der Waals surface area contributed by atoms with Gasteiger partial charge in [0, 0.05) is 50.2 Å². The zero-order valence-electron chi connectivity index (χ0n) is 23.5. The number of carbonyl (C=O) groups is 1. The first-order valence-electron chi connectivity index (χ1n) is 14.0. The summed E-state index contributed by atoms with van der Waals surface area (Å²) in [4.78, 5) is 13.6. The van der Waals surface area contributed by atoms with Gasteiger partial charge in [-0.25, -0.2) is 12.8 Å². The van der Waals surface area contributed by atoms with Gasteiger partial charge >= 0.3 is 0 Å². The van der Waals surface area contributed by atoms with Crippen LogP contribution in [0.1, 0.15) is 48.2 Å². The molecule has 10 nitrogen and oxygen atoms in total. The molecule has 1 saturated heterocycles. The van der Waals surface area contributed by atoms with E-state index in [1.54, 1.807) is 6.20 Å². The zero-order valence-corrected chi connectivity index (χ0v) is 24.3. The maximum Gasteiger partial charge on any atom is 0.254 e. The number of rotatable bonds is 13. The highest BCUT2D eigenvalue weighted by molar-refractivity contribution is 7.92. The second-order valence-electron chi connectivity index (χ2n) is 10.2. The van der Waals surface area contributed by atoms with Gasteiger partial charge in [0.25, 0.3) is 5.91 Å². The van der Waals surface area contributed by atoms with Crippen molar-refractivity contribution in [1.29, 1.82) is 0 Å². The van der Waals surface area contributed by atoms with Gasteiger partial charge in [0.15, 0.2) is 5.82 Å². The van der Waals surface area contributed by atoms with Crippen LogP contribution < -0.4 is 20.3 Å². The molecular weight excluding hydrogens is 547 g/mol. The van der Waals surface area contributed by atoms with Crippen molar-refractivity contribution in [1.82, 2.24) is 20.4 Å². The van der Waals surface area contributed by atoms with Crippen LogP contribution in [0.3, 0.4) is 0 Å². The smallest absolute Gasteiger partial charge is 0.254 e. The number of benzene rings is 2. The third-order valence-electron chi connectivity index (χ3n) is 7.07. The fourth-order valence-electron chi connectivity index (χ4n) is 4.90. The molecule has 0 radical (unpaired) electrons. The van der Waals surface area contributed by atoms with Gasteiger partial charge in [-0.3, -0.25) is 13.8 Å². The highest BCUT2D eigenvalue weighted by atomic mass is 32.2. The lowest BCUT2D eigenvalue weighted by atomic mass is 10.00. The number of sulfonamides is 1. The second-order valence-corrected chi connectivity index (χ2v) is 12.2. The van der Waals surface area contributed by atoms with Crippen molar-refractivity contribution in [3.63, 3.8) is 0 Å². The Kier molecular flexibility index (Phi) is 10.4. The maximum absolute atomic E-state index is 15.9. The molecule has 2 aromatic carbocycles. The minimum Gasteiger partial charge on any atom is -0.390 e. The molecule has 41 heavy (non-hydrogen) atoms. The monoisotopic (exact) mass is 586 g/mol. The van der Waals surface area contributed by atoms with Crippen molar-refractivity contribution < 1.29 is 22.7 Å². The largest absolute Gasteiger partial charge is 0.390 e. The molecule has 2 atom stereocenters. The van der Waals surface area contributed by atoms with Crippen molar-refractivity contribution in [2.75, 3.05) is 35.0 Å². The van der Waals surface area contributed by atoms with E-state index < -0.39 is 33.9 Å². The summed E-state index contributed by atoms with van der Waals surface area (Å²) >= 11 is 0. The summed E-state index contributed by atoms with van der Waals surface area (Å²) in [6.45, 7) is 5.90. The van der Waals surface area contributed by atoms with Gasteiger partial charge in [-0.15, -0.1) is 0 Å². The number of aliphatic hydroxyl groups excluding tert-OH is 1. The Morgan fingerprint density at radius 1 is 1.15 bits per heavy atom. The Balaban J connectivity index is 1.57. The lowest BCUT2D eigenvalue weighted by Crippen LogP contribution is -2.49. The van der Waals surface area contributed by atoms with Crippen LogP contribution in [0.15, 0.2) is 54.9 Å². The van der Waals surface area contributed by atoms with Crippen molar-refractivity contribution in [2.45, 2.75) is 58.3 Å². The molecule has 0 spiro atoms. The maximum atomic E-state index is 15.9. The molecule has 1 amide bonds. The van der Waals surface area contributed by atoms with Gasteiger partial charge in [-0.2, -0.15) is 5.10 Å². The summed E-state index contributed by atoms with van der Waals surface area (Å²) in [6, 6.07) is 11.5. The summed E-state index contributed by atoms with van der Waals surface area (Å²) in [5.41, 5.74) is 1.85. The Hall–Kier alpha value is -3.48. The quantitative estimate of drug-likeness (QED) is 0.243. The second kappa shape index (κ2) is 13.9. The molecule has 1 fully saturated rings. The number of nitrogens with one attached hydrogen (secondary N) is 3. The normalized spacial score (nSPS) is 16.2. The third kappa shape index (κ3) is 7.84. The van der Waals surface area contributed by atoms with E-state index in [1.165, 1.54) is 12.1 Å². The lowest BCUT2D eigenvalue weighted by molar-refractivity contribution is 0.0826. The van der Waals surface area contributed by atoms with Gasteiger partial charge in [0.1, 0.15) is 0 Å². The molecule has 4 N–H and O–H groups in total. The third-order valence-corrected chi connectivity index (χ3v) is 8.93. The molecule has 0 saturated carbocycles. The summed E-state index contributed by atoms with van der Waals surface area (Å²) in [5.74, 6) is -1.72. The summed E-state index contributed by atoms with van der Waals surface area (Å²) < 4.78 is 44.3. The fraction of sp³-hybridized carbons (Fsp3) is 0.448. The van der Waals surface area contributed by atoms with Crippen LogP contribution in [0.25, 0.3) is 0 Å². The first kappa shape index (κ1) is 30.5. The van der Waals surface area contributed by atoms with Crippen LogP contribution in [0.2, 0.25) is 0 Å². The standard InChI is InChI=1S/C29H39FN6O4S/c1-3-32-23-15-24(28(30)26(16-23)36-12-8-9-13-41(36,39)40)29(38)34-25(14-21-10-6-5-7-11-21)27(37)19-31-17-22-18-33-35(4-2)20-22/h5-7,10-11,15-16,18,20,25,27,31-32,37H,3-4,8-9,12-14,17,19H2,1-2H3,(H,34,38)/t25-,27+/m0/s1. The average Bonchev–Trinajstić information content (AvgIpc) is 3.42. The van der Waals surface area contributed by atoms with E-state index >= 15 is 4.39 Å². The summed E-state index contributed by atoms with van der Waals surface area (Å²) in [5, 5.41) is 24.5. The van der Waals surface area contributed by atoms with Crippen LogP contribution >= 0.6 is 0 Å². The molecule has 2 heterocycles. The lowest BCUT2D eigenvalue weighted by Gasteiger charge is -2.30. The van der Waals surface area contributed by atoms with E-state index in [-0.39, 0.29) is 30.1 Å². The Morgan fingerprint density at radius 3 is 2.61 bits per heavy atom. The number of hydrogen-bond acceptors (Lipinski definition) is 7. The van der Waals surface area contributed by atoms with Crippen molar-refractivity contribution >= 4 is 27.3 Å². The van der Waals surface area contributed by atoms with Crippen molar-refractivity contribution in [3.05, 3.63) is 77.4 Å². The molecule has 3 aromatic rings. The Labute approximate surface area is 241 Å². The molecular formula is C29H39FN6O4S. The molecule has 0 bridgehead atoms. The Morgan fingerprint density at radius 2 is 1.93 bits per heavy atom. The highest BCUT2D eigenvalue weighted by Gasteiger charge is 2.31. The molecule has 222 valence electrons. The molecule has 1 aliphatic heterocycles. The summed E-state index contributed by atoms with van der Waals surface area (Å²) in [7, 11) is -3.70. The van der Waals surface area contributed by atoms with E-state index in [1.807, 2.05) is 55.1 Å². The number of amides is 1. The van der Waals surface area contributed by atoms with Crippen molar-refractivity contribution in [2.24, 2.45) is 0 Å². The fourth-order valence-corrected chi connectivity index (χ4v) is 6.53. The number of anilines is 2. The highest BCUT2D eigenvalue weighted by Crippen LogP contribution is 2.32. The number of aliphatic hydroxyl groups is 1. The number of carbonyl (C=O) groups excluding carboxylic acids is 1. The van der Waals surface area contributed by atoms with E-state index in [0.717, 1.165) is 22.0 Å². The number of aryl methyl sites for hydroxylation is 1. The van der Waals surface area contributed by atoms with Crippen LogP contribution in [-0.2, 0) is 29.5 Å². The molecule has 12 heteroatoms. The molecule has 0 unspecified atom stereocenters. The van der Waals surface area contributed by atoms with Crippen LogP contribution in [0.5, 0.6) is 0 Å². The molecule has 4 rings (SSSR count). The minimum absolute atomic E-state index is 0.0724. The Bertz CT molecular complexity index is 1420. The van der Waals surface area contributed by atoms with E-state index in [4.69, 9.17) is 0 Å². The van der Waals surface area contributed by atoms with Gasteiger partial charge in [0.2, 0.25) is 10.0 Å². The molecule has 1 aromatic heterocycles. The molecule has 0 aliphatic carbocycles. The number of halogens is 1. The van der Waals surface area contributed by atoms with Crippen LogP contribution in [0.4, 0.5) is 15.8 Å². The van der Waals surface area contributed by atoms with Gasteiger partial charge in [-0.05, 0) is 50.8 Å². The van der Waals surface area contributed by atoms with E-state index in [9.17, 15) is 18.3 Å². The topological polar surface area (TPSA) is 129 Å². The minimum atomic E-state index is -3.70. The summed E-state index contributed by atoms with van der Waals surface area (Å²) in [6.07, 6.45) is 4.10. The van der Waals surface area contributed by atoms with E-state index in [0.29, 0.717) is 38.0 Å². The zero-order chi connectivity index (χ0) is 29.4. The first-order valence-corrected chi connectivity index (χ1v) is 15.7.